The summed E-state index contributed by atoms with van der Waals surface area (Å²) in [7, 11) is -8.88. The van der Waals surface area contributed by atoms with Crippen LogP contribution >= 0.6 is 7.60 Å². The molecule has 6 rings (SSSR count). The third kappa shape index (κ3) is 7.11. The number of carbonyl (C=O) groups is 3. The predicted molar refractivity (Wildman–Crippen MR) is 204 cm³/mol. The maximum absolute atomic E-state index is 12.8. The second-order valence-corrected chi connectivity index (χ2v) is 18.6. The Kier molecular flexibility index (Phi) is 10.7. The first-order valence-electron chi connectivity index (χ1n) is 18.2. The summed E-state index contributed by atoms with van der Waals surface area (Å²) in [5.41, 5.74) is 4.12. The molecular weight excluding hydrogens is 733 g/mol. The van der Waals surface area contributed by atoms with Gasteiger partial charge in [0.05, 0.1) is 22.7 Å². The molecule has 3 N–H and O–H groups in total. The standard InChI is InChI=1S/C39H46N3O10PS/c1-38(2)29-26-27(53(46,47)48)20-21-30(29)40(24-12-6-9-19-37(45)52-41-34(43)22-23-35(41)44)32(38)16-7-5-8-17-33-39(3,4)28-14-10-11-15-31(28)42(33)25-13-18-36(42)54(49,50)51/h5,7-8,10-11,14-17,20-21,26,36H,6,9,12-13,18-19,22-25H2,1-4H3,(H-2,46,47,48,49,50,51)/p+2/b8-5+,16-7+,33-17+. The van der Waals surface area contributed by atoms with Gasteiger partial charge in [-0.25, -0.2) is 9.28 Å². The number of carbonyl (C=O) groups excluding carboxylic acids is 3. The summed E-state index contributed by atoms with van der Waals surface area (Å²) >= 11 is 0. The van der Waals surface area contributed by atoms with Gasteiger partial charge in [0, 0.05) is 61.8 Å². The van der Waals surface area contributed by atoms with E-state index in [9.17, 15) is 41.7 Å². The van der Waals surface area contributed by atoms with E-state index in [0.717, 1.165) is 33.9 Å². The van der Waals surface area contributed by atoms with Gasteiger partial charge in [0.1, 0.15) is 17.9 Å². The van der Waals surface area contributed by atoms with Crippen molar-refractivity contribution in [3.8, 4) is 0 Å². The molecule has 2 unspecified atom stereocenters. The fraction of sp³-hybridized carbons (Fsp3) is 0.436. The molecule has 1 spiro atoms. The summed E-state index contributed by atoms with van der Waals surface area (Å²) in [5.74, 6) is -1.70. The van der Waals surface area contributed by atoms with Gasteiger partial charge in [0.25, 0.3) is 11.8 Å². The number of quaternary nitrogens is 1. The third-order valence-corrected chi connectivity index (χ3v) is 13.5. The number of allylic oxidation sites excluding steroid dienone is 6. The Morgan fingerprint density at radius 2 is 1.69 bits per heavy atom. The number of hydrogen-bond acceptors (Lipinski definition) is 7. The van der Waals surface area contributed by atoms with Crippen LogP contribution in [-0.4, -0.2) is 74.4 Å². The fourth-order valence-electron chi connectivity index (χ4n) is 8.73. The van der Waals surface area contributed by atoms with E-state index in [1.54, 1.807) is 12.1 Å². The van der Waals surface area contributed by atoms with E-state index < -0.39 is 51.7 Å². The summed E-state index contributed by atoms with van der Waals surface area (Å²) in [5, 5.41) is -0.521. The third-order valence-electron chi connectivity index (χ3n) is 11.3. The second-order valence-electron chi connectivity index (χ2n) is 15.4. The summed E-state index contributed by atoms with van der Waals surface area (Å²) in [4.78, 5) is 60.7. The topological polar surface area (TPSA) is 179 Å². The van der Waals surface area contributed by atoms with Crippen LogP contribution < -0.4 is 9.79 Å². The molecule has 0 bridgehead atoms. The lowest BCUT2D eigenvalue weighted by atomic mass is 9.81. The fourth-order valence-corrected chi connectivity index (χ4v) is 10.5. The second kappa shape index (κ2) is 14.6. The number of rotatable bonds is 12. The smallest absolute Gasteiger partial charge is 0.330 e. The molecule has 2 fully saturated rings. The average molecular weight is 782 g/mol. The van der Waals surface area contributed by atoms with Gasteiger partial charge in [0.2, 0.25) is 11.1 Å². The first kappa shape index (κ1) is 39.6. The number of para-hydroxylation sites is 1. The predicted octanol–water partition coefficient (Wildman–Crippen LogP) is 5.34. The van der Waals surface area contributed by atoms with Crippen LogP contribution in [0, 0.1) is 0 Å². The zero-order valence-corrected chi connectivity index (χ0v) is 32.7. The van der Waals surface area contributed by atoms with Crippen molar-refractivity contribution in [2.24, 2.45) is 0 Å². The largest absolute Gasteiger partial charge is 0.356 e. The van der Waals surface area contributed by atoms with Crippen molar-refractivity contribution >= 4 is 57.9 Å². The highest BCUT2D eigenvalue weighted by atomic mass is 32.2. The Morgan fingerprint density at radius 3 is 2.37 bits per heavy atom. The van der Waals surface area contributed by atoms with Crippen LogP contribution in [-0.2, 0) is 44.7 Å². The molecule has 2 aromatic carbocycles. The van der Waals surface area contributed by atoms with Crippen molar-refractivity contribution in [3.63, 3.8) is 0 Å². The van der Waals surface area contributed by atoms with E-state index in [1.165, 1.54) is 6.07 Å². The molecule has 4 aliphatic heterocycles. The molecule has 2 atom stereocenters. The first-order valence-corrected chi connectivity index (χ1v) is 21.3. The molecule has 54 heavy (non-hydrogen) atoms. The maximum Gasteiger partial charge on any atom is 0.356 e. The lowest BCUT2D eigenvalue weighted by Crippen LogP contribution is -2.55. The summed E-state index contributed by atoms with van der Waals surface area (Å²) < 4.78 is 50.3. The lowest BCUT2D eigenvalue weighted by Gasteiger charge is -2.37. The van der Waals surface area contributed by atoms with E-state index >= 15 is 0 Å². The zero-order chi connectivity index (χ0) is 39.3. The molecule has 0 saturated carbocycles. The van der Waals surface area contributed by atoms with Gasteiger partial charge in [0.15, 0.2) is 5.71 Å². The highest BCUT2D eigenvalue weighted by Gasteiger charge is 2.62. The van der Waals surface area contributed by atoms with Crippen molar-refractivity contribution in [3.05, 3.63) is 89.7 Å². The van der Waals surface area contributed by atoms with Crippen molar-refractivity contribution < 1.29 is 51.1 Å². The van der Waals surface area contributed by atoms with E-state index in [1.807, 2.05) is 68.5 Å². The molecule has 15 heteroatoms. The summed E-state index contributed by atoms with van der Waals surface area (Å²) in [6, 6.07) is 12.5. The number of amides is 2. The number of hydroxylamine groups is 2. The SMILES string of the molecule is CC1(C)C(/C=C/C=C/C=C2\C(C)(C)c3ccccc3[N+]23CCCC3S(=O)(=O)O)=[N+](CCCCCC(=O)ON2C(=O)CCC2=O)c2ccc(P(=O)(O)O)cc21. The minimum Gasteiger partial charge on any atom is -0.330 e. The number of nitrogens with zero attached hydrogens (tertiary/aromatic N) is 3. The number of benzene rings is 2. The van der Waals surface area contributed by atoms with Crippen molar-refractivity contribution in [1.29, 1.82) is 0 Å². The van der Waals surface area contributed by atoms with Gasteiger partial charge in [-0.1, -0.05) is 36.4 Å². The highest BCUT2D eigenvalue weighted by molar-refractivity contribution is 7.86. The summed E-state index contributed by atoms with van der Waals surface area (Å²) in [6.45, 7) is 9.23. The molecule has 4 aliphatic rings. The van der Waals surface area contributed by atoms with Gasteiger partial charge in [-0.3, -0.25) is 18.7 Å². The van der Waals surface area contributed by atoms with E-state index in [-0.39, 0.29) is 29.1 Å². The van der Waals surface area contributed by atoms with Crippen LogP contribution in [0.15, 0.2) is 78.5 Å². The Balaban J connectivity index is 1.25. The van der Waals surface area contributed by atoms with Crippen molar-refractivity contribution in [2.45, 2.75) is 95.3 Å². The molecule has 2 amide bonds. The van der Waals surface area contributed by atoms with Gasteiger partial charge < -0.3 is 14.6 Å². The Hall–Kier alpha value is -4.04. The normalized spacial score (nSPS) is 24.2. The van der Waals surface area contributed by atoms with E-state index in [0.29, 0.717) is 50.3 Å². The number of hydrogen-bond donors (Lipinski definition) is 3. The van der Waals surface area contributed by atoms with Gasteiger partial charge in [-0.05, 0) is 64.8 Å². The lowest BCUT2D eigenvalue weighted by molar-refractivity contribution is -0.438. The molecule has 0 radical (unpaired) electrons. The molecule has 13 nitrogen and oxygen atoms in total. The van der Waals surface area contributed by atoms with E-state index in [2.05, 4.69) is 18.4 Å². The van der Waals surface area contributed by atoms with Crippen LogP contribution in [0.5, 0.6) is 0 Å². The van der Waals surface area contributed by atoms with Crippen LogP contribution in [0.1, 0.15) is 90.2 Å². The molecule has 0 aromatic heterocycles. The minimum atomic E-state index is -4.51. The average Bonchev–Trinajstić information content (AvgIpc) is 3.79. The van der Waals surface area contributed by atoms with E-state index in [4.69, 9.17) is 4.84 Å². The molecule has 4 heterocycles. The Morgan fingerprint density at radius 1 is 0.981 bits per heavy atom. The number of imide groups is 1. The van der Waals surface area contributed by atoms with Crippen LogP contribution in [0.25, 0.3) is 0 Å². The van der Waals surface area contributed by atoms with Crippen LogP contribution in [0.2, 0.25) is 0 Å². The molecular formula is C39H48N3O10PS+2. The Bertz CT molecular complexity index is 2170. The monoisotopic (exact) mass is 781 g/mol. The van der Waals surface area contributed by atoms with Gasteiger partial charge in [-0.2, -0.15) is 13.0 Å². The van der Waals surface area contributed by atoms with Gasteiger partial charge in [-0.15, -0.1) is 5.06 Å². The Labute approximate surface area is 315 Å². The quantitative estimate of drug-likeness (QED) is 0.0485. The van der Waals surface area contributed by atoms with Crippen LogP contribution in [0.3, 0.4) is 0 Å². The molecule has 2 aromatic rings. The number of unbranched alkanes of at least 4 members (excludes halogenated alkanes) is 2. The van der Waals surface area contributed by atoms with Gasteiger partial charge >= 0.3 is 23.7 Å². The van der Waals surface area contributed by atoms with Crippen LogP contribution in [0.4, 0.5) is 11.4 Å². The highest BCUT2D eigenvalue weighted by Crippen LogP contribution is 2.57. The zero-order valence-electron chi connectivity index (χ0n) is 31.0. The molecule has 2 saturated heterocycles. The maximum atomic E-state index is 12.8. The van der Waals surface area contributed by atoms with Crippen molar-refractivity contribution in [2.75, 3.05) is 13.1 Å². The summed E-state index contributed by atoms with van der Waals surface area (Å²) in [6.07, 6.45) is 12.4. The first-order chi connectivity index (χ1) is 25.3. The molecule has 288 valence electrons. The van der Waals surface area contributed by atoms with Crippen molar-refractivity contribution in [1.82, 2.24) is 9.55 Å². The molecule has 0 aliphatic carbocycles. The minimum absolute atomic E-state index is 0.0284. The number of fused-ring (bicyclic) bond motifs is 3.